The van der Waals surface area contributed by atoms with Crippen LogP contribution in [0.25, 0.3) is 16.9 Å². The molecule has 1 aromatic heterocycles. The predicted octanol–water partition coefficient (Wildman–Crippen LogP) is 3.48. The topological polar surface area (TPSA) is 85.3 Å². The van der Waals surface area contributed by atoms with Gasteiger partial charge in [0.2, 0.25) is 5.91 Å². The Kier molecular flexibility index (Phi) is 6.56. The number of para-hydroxylation sites is 2. The van der Waals surface area contributed by atoms with Gasteiger partial charge in [-0.3, -0.25) is 14.7 Å². The van der Waals surface area contributed by atoms with Crippen molar-refractivity contribution in [3.8, 4) is 22.7 Å². The number of benzene rings is 2. The van der Waals surface area contributed by atoms with E-state index < -0.39 is 17.2 Å². The number of methoxy groups -OCH3 is 1. The van der Waals surface area contributed by atoms with Gasteiger partial charge >= 0.3 is 6.03 Å². The van der Waals surface area contributed by atoms with Crippen LogP contribution in [0, 0.1) is 0 Å². The summed E-state index contributed by atoms with van der Waals surface area (Å²) in [5.41, 5.74) is 2.67. The van der Waals surface area contributed by atoms with Crippen LogP contribution in [0.2, 0.25) is 0 Å². The SMILES string of the molecule is CNC(=O)NC(=O)[C@H](C)Sc1ncc(-c2ccccc2)n1-c1ccccc1OC. The lowest BCUT2D eigenvalue weighted by molar-refractivity contribution is -0.119. The zero-order valence-corrected chi connectivity index (χ0v) is 17.2. The van der Waals surface area contributed by atoms with E-state index in [-0.39, 0.29) is 0 Å². The van der Waals surface area contributed by atoms with Gasteiger partial charge in [-0.2, -0.15) is 0 Å². The first-order chi connectivity index (χ1) is 14.0. The Morgan fingerprint density at radius 1 is 1.10 bits per heavy atom. The van der Waals surface area contributed by atoms with Gasteiger partial charge in [0, 0.05) is 12.6 Å². The molecule has 0 aliphatic carbocycles. The standard InChI is InChI=1S/C21H22N4O3S/c1-14(19(26)24-20(27)22-2)29-21-23-13-17(15-9-5-4-6-10-15)25(21)16-11-7-8-12-18(16)28-3/h4-14H,1-3H3,(H2,22,24,26,27)/t14-/m0/s1. The summed E-state index contributed by atoms with van der Waals surface area (Å²) in [6, 6.07) is 17.0. The maximum atomic E-state index is 12.3. The van der Waals surface area contributed by atoms with Crippen molar-refractivity contribution in [2.75, 3.05) is 14.2 Å². The quantitative estimate of drug-likeness (QED) is 0.608. The van der Waals surface area contributed by atoms with Crippen LogP contribution in [0.1, 0.15) is 6.92 Å². The molecule has 0 fully saturated rings. The van der Waals surface area contributed by atoms with Gasteiger partial charge in [-0.15, -0.1) is 0 Å². The fourth-order valence-electron chi connectivity index (χ4n) is 2.77. The monoisotopic (exact) mass is 410 g/mol. The first kappa shape index (κ1) is 20.5. The van der Waals surface area contributed by atoms with Gasteiger partial charge in [0.1, 0.15) is 5.75 Å². The van der Waals surface area contributed by atoms with Gasteiger partial charge in [0.05, 0.1) is 29.9 Å². The highest BCUT2D eigenvalue weighted by molar-refractivity contribution is 8.00. The van der Waals surface area contributed by atoms with E-state index in [1.165, 1.54) is 18.8 Å². The summed E-state index contributed by atoms with van der Waals surface area (Å²) in [4.78, 5) is 28.3. The highest BCUT2D eigenvalue weighted by Gasteiger charge is 2.22. The first-order valence-corrected chi connectivity index (χ1v) is 9.89. The smallest absolute Gasteiger partial charge is 0.321 e. The number of hydrogen-bond acceptors (Lipinski definition) is 5. The van der Waals surface area contributed by atoms with Gasteiger partial charge in [0.25, 0.3) is 0 Å². The molecule has 0 aliphatic heterocycles. The average Bonchev–Trinajstić information content (AvgIpc) is 3.17. The number of carbonyl (C=O) groups excluding carboxylic acids is 2. The van der Waals surface area contributed by atoms with Crippen LogP contribution in [0.5, 0.6) is 5.75 Å². The van der Waals surface area contributed by atoms with Gasteiger partial charge in [-0.05, 0) is 19.1 Å². The number of imidazole rings is 1. The number of rotatable bonds is 6. The third-order valence-corrected chi connectivity index (χ3v) is 5.31. The Morgan fingerprint density at radius 3 is 2.48 bits per heavy atom. The summed E-state index contributed by atoms with van der Waals surface area (Å²) < 4.78 is 7.51. The number of carbonyl (C=O) groups is 2. The molecule has 3 amide bonds. The lowest BCUT2D eigenvalue weighted by Gasteiger charge is -2.17. The van der Waals surface area contributed by atoms with E-state index in [1.807, 2.05) is 59.2 Å². The normalized spacial score (nSPS) is 11.6. The molecule has 1 atom stereocenters. The van der Waals surface area contributed by atoms with E-state index in [9.17, 15) is 9.59 Å². The molecule has 29 heavy (non-hydrogen) atoms. The molecule has 0 aliphatic rings. The molecule has 3 rings (SSSR count). The molecule has 7 nitrogen and oxygen atoms in total. The van der Waals surface area contributed by atoms with Crippen LogP contribution in [0.4, 0.5) is 4.79 Å². The van der Waals surface area contributed by atoms with Crippen LogP contribution < -0.4 is 15.4 Å². The van der Waals surface area contributed by atoms with E-state index in [0.717, 1.165) is 16.9 Å². The number of nitrogens with one attached hydrogen (secondary N) is 2. The van der Waals surface area contributed by atoms with Crippen molar-refractivity contribution >= 4 is 23.7 Å². The second kappa shape index (κ2) is 9.29. The summed E-state index contributed by atoms with van der Waals surface area (Å²) in [6.45, 7) is 1.73. The number of thioether (sulfide) groups is 1. The van der Waals surface area contributed by atoms with Crippen molar-refractivity contribution < 1.29 is 14.3 Å². The molecular formula is C21H22N4O3S. The summed E-state index contributed by atoms with van der Waals surface area (Å²) in [5.74, 6) is 0.289. The van der Waals surface area contributed by atoms with Crippen molar-refractivity contribution in [3.05, 3.63) is 60.8 Å². The van der Waals surface area contributed by atoms with E-state index in [4.69, 9.17) is 4.74 Å². The second-order valence-electron chi connectivity index (χ2n) is 6.13. The van der Waals surface area contributed by atoms with Crippen molar-refractivity contribution in [3.63, 3.8) is 0 Å². The number of imide groups is 1. The molecular weight excluding hydrogens is 388 g/mol. The minimum absolute atomic E-state index is 0.398. The van der Waals surface area contributed by atoms with Crippen LogP contribution in [-0.2, 0) is 4.79 Å². The molecule has 1 heterocycles. The molecule has 0 spiro atoms. The fraction of sp³-hybridized carbons (Fsp3) is 0.190. The Morgan fingerprint density at radius 2 is 1.79 bits per heavy atom. The highest BCUT2D eigenvalue weighted by Crippen LogP contribution is 2.35. The van der Waals surface area contributed by atoms with Crippen LogP contribution >= 0.6 is 11.8 Å². The van der Waals surface area contributed by atoms with E-state index in [2.05, 4.69) is 15.6 Å². The van der Waals surface area contributed by atoms with E-state index >= 15 is 0 Å². The van der Waals surface area contributed by atoms with Gasteiger partial charge in [-0.25, -0.2) is 9.78 Å². The Bertz CT molecular complexity index is 1000. The largest absolute Gasteiger partial charge is 0.495 e. The van der Waals surface area contributed by atoms with Gasteiger partial charge < -0.3 is 10.1 Å². The maximum Gasteiger partial charge on any atom is 0.321 e. The summed E-state index contributed by atoms with van der Waals surface area (Å²) >= 11 is 1.26. The van der Waals surface area contributed by atoms with Crippen molar-refractivity contribution in [1.82, 2.24) is 20.2 Å². The lowest BCUT2D eigenvalue weighted by atomic mass is 10.1. The Hall–Kier alpha value is -3.26. The van der Waals surface area contributed by atoms with E-state index in [0.29, 0.717) is 10.9 Å². The fourth-order valence-corrected chi connectivity index (χ4v) is 3.66. The number of nitrogens with zero attached hydrogens (tertiary/aromatic N) is 2. The molecule has 0 saturated carbocycles. The van der Waals surface area contributed by atoms with Gasteiger partial charge in [0.15, 0.2) is 5.16 Å². The summed E-state index contributed by atoms with van der Waals surface area (Å²) in [5, 5.41) is 4.76. The Labute approximate surface area is 173 Å². The minimum Gasteiger partial charge on any atom is -0.495 e. The number of hydrogen-bond donors (Lipinski definition) is 2. The molecule has 150 valence electrons. The minimum atomic E-state index is -0.541. The zero-order chi connectivity index (χ0) is 20.8. The number of aromatic nitrogens is 2. The third-order valence-electron chi connectivity index (χ3n) is 4.24. The first-order valence-electron chi connectivity index (χ1n) is 9.01. The maximum absolute atomic E-state index is 12.3. The van der Waals surface area contributed by atoms with Crippen LogP contribution in [-0.4, -0.2) is 40.9 Å². The molecule has 0 radical (unpaired) electrons. The van der Waals surface area contributed by atoms with Gasteiger partial charge in [-0.1, -0.05) is 54.2 Å². The van der Waals surface area contributed by atoms with E-state index in [1.54, 1.807) is 20.2 Å². The predicted molar refractivity (Wildman–Crippen MR) is 113 cm³/mol. The van der Waals surface area contributed by atoms with Crippen molar-refractivity contribution in [1.29, 1.82) is 0 Å². The molecule has 8 heteroatoms. The van der Waals surface area contributed by atoms with Crippen LogP contribution in [0.15, 0.2) is 66.0 Å². The summed E-state index contributed by atoms with van der Waals surface area (Å²) in [6.07, 6.45) is 1.77. The molecule has 2 N–H and O–H groups in total. The van der Waals surface area contributed by atoms with Crippen molar-refractivity contribution in [2.24, 2.45) is 0 Å². The number of amides is 3. The molecule has 0 saturated heterocycles. The Balaban J connectivity index is 2.03. The third kappa shape index (κ3) is 4.60. The molecule has 2 aromatic carbocycles. The number of urea groups is 1. The molecule has 0 bridgehead atoms. The highest BCUT2D eigenvalue weighted by atomic mass is 32.2. The molecule has 0 unspecified atom stereocenters. The average molecular weight is 410 g/mol. The summed E-state index contributed by atoms with van der Waals surface area (Å²) in [7, 11) is 3.07. The lowest BCUT2D eigenvalue weighted by Crippen LogP contribution is -2.41. The number of ether oxygens (including phenoxy) is 1. The van der Waals surface area contributed by atoms with Crippen molar-refractivity contribution in [2.45, 2.75) is 17.3 Å². The zero-order valence-electron chi connectivity index (χ0n) is 16.4. The second-order valence-corrected chi connectivity index (χ2v) is 7.44. The molecule has 3 aromatic rings. The van der Waals surface area contributed by atoms with Crippen LogP contribution in [0.3, 0.4) is 0 Å².